The van der Waals surface area contributed by atoms with Gasteiger partial charge in [0.15, 0.2) is 6.29 Å². The Balaban J connectivity index is 0.00000139. The SMILES string of the molecule is C=C/C(=C1\C(=NC)SC(C=O)=C1NC=NCC(C)/C=C/Cl)N(C)C.C=C/C=C\C. The van der Waals surface area contributed by atoms with Crippen molar-refractivity contribution < 1.29 is 4.79 Å². The number of aliphatic imine (C=N–C) groups is 2. The van der Waals surface area contributed by atoms with Crippen LogP contribution in [-0.4, -0.2) is 50.3 Å². The number of hydrogen-bond donors (Lipinski definition) is 1. The molecule has 0 aromatic carbocycles. The van der Waals surface area contributed by atoms with Crippen molar-refractivity contribution in [2.75, 3.05) is 27.7 Å². The summed E-state index contributed by atoms with van der Waals surface area (Å²) < 4.78 is 0. The van der Waals surface area contributed by atoms with Crippen LogP contribution in [0.3, 0.4) is 0 Å². The summed E-state index contributed by atoms with van der Waals surface area (Å²) in [5.74, 6) is 0.242. The van der Waals surface area contributed by atoms with Crippen molar-refractivity contribution in [3.05, 3.63) is 70.9 Å². The number of aldehydes is 1. The third-order valence-corrected chi connectivity index (χ3v) is 4.83. The Morgan fingerprint density at radius 3 is 2.48 bits per heavy atom. The van der Waals surface area contributed by atoms with Crippen LogP contribution in [0.25, 0.3) is 0 Å². The lowest BCUT2D eigenvalue weighted by molar-refractivity contribution is -0.104. The molecule has 1 rings (SSSR count). The van der Waals surface area contributed by atoms with Gasteiger partial charge < -0.3 is 10.2 Å². The van der Waals surface area contributed by atoms with Gasteiger partial charge in [0.05, 0.1) is 22.5 Å². The molecule has 0 amide bonds. The molecule has 1 unspecified atom stereocenters. The van der Waals surface area contributed by atoms with E-state index in [2.05, 4.69) is 28.5 Å². The molecule has 1 aliphatic rings. The summed E-state index contributed by atoms with van der Waals surface area (Å²) in [6.07, 6.45) is 11.6. The van der Waals surface area contributed by atoms with E-state index in [9.17, 15) is 4.79 Å². The molecule has 1 aliphatic heterocycles. The molecule has 29 heavy (non-hydrogen) atoms. The molecular formula is C22H31ClN4OS. The number of likely N-dealkylation sites (N-methyl/N-ethyl adjacent to an activating group) is 1. The lowest BCUT2D eigenvalue weighted by Gasteiger charge is -2.18. The van der Waals surface area contributed by atoms with Crippen LogP contribution < -0.4 is 5.32 Å². The van der Waals surface area contributed by atoms with Gasteiger partial charge in [-0.1, -0.05) is 67.7 Å². The predicted molar refractivity (Wildman–Crippen MR) is 131 cm³/mol. The molecule has 0 radical (unpaired) electrons. The van der Waals surface area contributed by atoms with Crippen LogP contribution in [0.4, 0.5) is 0 Å². The van der Waals surface area contributed by atoms with E-state index in [0.717, 1.165) is 22.6 Å². The molecule has 0 aromatic rings. The number of allylic oxidation sites excluding steroid dienone is 6. The molecule has 0 saturated heterocycles. The predicted octanol–water partition coefficient (Wildman–Crippen LogP) is 4.93. The van der Waals surface area contributed by atoms with E-state index >= 15 is 0 Å². The lowest BCUT2D eigenvalue weighted by atomic mass is 10.1. The highest BCUT2D eigenvalue weighted by Gasteiger charge is 2.29. The van der Waals surface area contributed by atoms with Gasteiger partial charge in [0, 0.05) is 38.9 Å². The number of carbonyl (C=O) groups is 1. The molecule has 1 N–H and O–H groups in total. The third kappa shape index (κ3) is 9.15. The normalized spacial score (nSPS) is 18.2. The fourth-order valence-corrected chi connectivity index (χ4v) is 3.38. The van der Waals surface area contributed by atoms with Crippen molar-refractivity contribution in [2.45, 2.75) is 13.8 Å². The topological polar surface area (TPSA) is 57.1 Å². The quantitative estimate of drug-likeness (QED) is 0.242. The minimum atomic E-state index is 0.242. The van der Waals surface area contributed by atoms with Gasteiger partial charge in [-0.05, 0) is 18.9 Å². The van der Waals surface area contributed by atoms with Gasteiger partial charge in [0.2, 0.25) is 0 Å². The van der Waals surface area contributed by atoms with Gasteiger partial charge >= 0.3 is 0 Å². The van der Waals surface area contributed by atoms with Gasteiger partial charge in [-0.25, -0.2) is 0 Å². The van der Waals surface area contributed by atoms with Gasteiger partial charge in [-0.2, -0.15) is 0 Å². The molecule has 0 aromatic heterocycles. The molecule has 0 aliphatic carbocycles. The smallest absolute Gasteiger partial charge is 0.158 e. The Morgan fingerprint density at radius 1 is 1.38 bits per heavy atom. The molecule has 7 heteroatoms. The summed E-state index contributed by atoms with van der Waals surface area (Å²) in [4.78, 5) is 22.6. The van der Waals surface area contributed by atoms with E-state index < -0.39 is 0 Å². The van der Waals surface area contributed by atoms with Gasteiger partial charge in [-0.3, -0.25) is 14.8 Å². The summed E-state index contributed by atoms with van der Waals surface area (Å²) >= 11 is 6.89. The maximum absolute atomic E-state index is 11.4. The van der Waals surface area contributed by atoms with Crippen molar-refractivity contribution in [3.8, 4) is 0 Å². The lowest BCUT2D eigenvalue weighted by Crippen LogP contribution is -2.20. The van der Waals surface area contributed by atoms with Crippen LogP contribution in [-0.2, 0) is 4.79 Å². The maximum Gasteiger partial charge on any atom is 0.158 e. The van der Waals surface area contributed by atoms with Crippen molar-refractivity contribution >= 4 is 41.0 Å². The number of hydrogen-bond acceptors (Lipinski definition) is 5. The first-order valence-electron chi connectivity index (χ1n) is 9.05. The molecule has 0 bridgehead atoms. The van der Waals surface area contributed by atoms with E-state index in [1.165, 1.54) is 17.3 Å². The average Bonchev–Trinajstić information content (AvgIpc) is 3.04. The minimum Gasteiger partial charge on any atom is -0.377 e. The first kappa shape index (κ1) is 26.7. The molecule has 0 spiro atoms. The molecule has 0 fully saturated rings. The standard InChI is InChI=1S/C17H23ClN4OS.C5H8/c1-6-13(22(4)5)15-16(14(10-23)24-17(15)19-3)21-11-20-9-12(2)7-8-18;1-3-5-4-2/h6-8,10-12H,1,9H2,2-5H3,(H,20,21);3-5H,1H2,2H3/b8-7+,15-13+,19-17?;5-4-. The minimum absolute atomic E-state index is 0.242. The van der Waals surface area contributed by atoms with Crippen molar-refractivity contribution in [2.24, 2.45) is 15.9 Å². The second-order valence-corrected chi connectivity index (χ2v) is 7.33. The summed E-state index contributed by atoms with van der Waals surface area (Å²) in [5.41, 5.74) is 3.93. The van der Waals surface area contributed by atoms with Crippen LogP contribution >= 0.6 is 23.4 Å². The Labute approximate surface area is 184 Å². The van der Waals surface area contributed by atoms with Gasteiger partial charge in [0.25, 0.3) is 0 Å². The molecule has 5 nitrogen and oxygen atoms in total. The number of halogens is 1. The molecule has 158 valence electrons. The monoisotopic (exact) mass is 434 g/mol. The molecule has 1 heterocycles. The highest BCUT2D eigenvalue weighted by atomic mass is 35.5. The number of nitrogens with zero attached hydrogens (tertiary/aromatic N) is 3. The first-order valence-corrected chi connectivity index (χ1v) is 10.3. The summed E-state index contributed by atoms with van der Waals surface area (Å²) in [5, 5.41) is 3.90. The summed E-state index contributed by atoms with van der Waals surface area (Å²) in [6.45, 7) is 11.9. The number of thioether (sulfide) groups is 1. The van der Waals surface area contributed by atoms with Crippen molar-refractivity contribution in [3.63, 3.8) is 0 Å². The second kappa shape index (κ2) is 15.6. The van der Waals surface area contributed by atoms with Crippen molar-refractivity contribution in [1.29, 1.82) is 0 Å². The zero-order chi connectivity index (χ0) is 22.2. The average molecular weight is 435 g/mol. The van der Waals surface area contributed by atoms with Crippen LogP contribution in [0.1, 0.15) is 13.8 Å². The zero-order valence-electron chi connectivity index (χ0n) is 17.9. The van der Waals surface area contributed by atoms with Crippen molar-refractivity contribution in [1.82, 2.24) is 10.2 Å². The van der Waals surface area contributed by atoms with E-state index in [0.29, 0.717) is 17.1 Å². The Hall–Kier alpha value is -2.31. The fraction of sp³-hybridized carbons (Fsp3) is 0.318. The van der Waals surface area contributed by atoms with Gasteiger partial charge in [-0.15, -0.1) is 0 Å². The van der Waals surface area contributed by atoms with Crippen LogP contribution in [0, 0.1) is 5.92 Å². The van der Waals surface area contributed by atoms with Gasteiger partial charge in [0.1, 0.15) is 5.04 Å². The Morgan fingerprint density at radius 2 is 2.07 bits per heavy atom. The highest BCUT2D eigenvalue weighted by molar-refractivity contribution is 8.18. The van der Waals surface area contributed by atoms with E-state index in [-0.39, 0.29) is 5.92 Å². The Bertz CT molecular complexity index is 746. The zero-order valence-corrected chi connectivity index (χ0v) is 19.4. The van der Waals surface area contributed by atoms with E-state index in [1.807, 2.05) is 51.1 Å². The third-order valence-electron chi connectivity index (χ3n) is 3.58. The number of rotatable bonds is 9. The van der Waals surface area contributed by atoms with E-state index in [1.54, 1.807) is 25.5 Å². The van der Waals surface area contributed by atoms with Crippen LogP contribution in [0.15, 0.2) is 80.9 Å². The highest BCUT2D eigenvalue weighted by Crippen LogP contribution is 2.37. The number of nitrogens with one attached hydrogen (secondary N) is 1. The largest absolute Gasteiger partial charge is 0.377 e. The maximum atomic E-state index is 11.4. The summed E-state index contributed by atoms with van der Waals surface area (Å²) in [6, 6.07) is 0. The summed E-state index contributed by atoms with van der Waals surface area (Å²) in [7, 11) is 5.55. The van der Waals surface area contributed by atoms with Crippen LogP contribution in [0.2, 0.25) is 0 Å². The number of carbonyl (C=O) groups excluding carboxylic acids is 1. The molecular weight excluding hydrogens is 404 g/mol. The second-order valence-electron chi connectivity index (χ2n) is 6.04. The fourth-order valence-electron chi connectivity index (χ4n) is 2.22. The van der Waals surface area contributed by atoms with E-state index in [4.69, 9.17) is 11.6 Å². The molecule has 0 saturated carbocycles. The van der Waals surface area contributed by atoms with Crippen LogP contribution in [0.5, 0.6) is 0 Å². The first-order chi connectivity index (χ1) is 13.9. The Kier molecular flexibility index (Phi) is 14.4. The molecule has 1 atom stereocenters.